The topological polar surface area (TPSA) is 237 Å². The minimum absolute atomic E-state index is 0. The molecule has 0 saturated heterocycles. The van der Waals surface area contributed by atoms with Gasteiger partial charge in [-0.25, -0.2) is 9.59 Å². The molecular formula is C92H162O18. The molecule has 0 radical (unpaired) electrons. The van der Waals surface area contributed by atoms with E-state index >= 15 is 0 Å². The zero-order valence-electron chi connectivity index (χ0n) is 64.9. The van der Waals surface area contributed by atoms with Crippen molar-refractivity contribution in [3.05, 3.63) is 0 Å². The molecule has 17 fully saturated rings. The largest absolute Gasteiger partial charge is 0.465 e. The summed E-state index contributed by atoms with van der Waals surface area (Å²) in [6.45, 7) is 26.7. The van der Waals surface area contributed by atoms with E-state index in [1.165, 1.54) is 77.0 Å². The highest BCUT2D eigenvalue weighted by Crippen LogP contribution is 2.70. The molecule has 0 N–H and O–H groups in total. The van der Waals surface area contributed by atoms with E-state index in [0.29, 0.717) is 89.6 Å². The Bertz CT molecular complexity index is 2970. The number of esters is 8. The van der Waals surface area contributed by atoms with Gasteiger partial charge in [-0.2, -0.15) is 0 Å². The molecule has 17 aliphatic carbocycles. The van der Waals surface area contributed by atoms with Crippen molar-refractivity contribution < 1.29 is 85.8 Å². The summed E-state index contributed by atoms with van der Waals surface area (Å²) in [7, 11) is 0. The van der Waals surface area contributed by atoms with Crippen LogP contribution in [0.2, 0.25) is 0 Å². The molecule has 14 unspecified atom stereocenters. The highest BCUT2D eigenvalue weighted by Gasteiger charge is 2.67. The first-order valence-electron chi connectivity index (χ1n) is 41.0. The number of hydrogen-bond acceptors (Lipinski definition) is 18. The van der Waals surface area contributed by atoms with Crippen molar-refractivity contribution in [2.75, 3.05) is 26.6 Å². The average molecular weight is 1560 g/mol. The molecule has 17 rings (SSSR count). The molecule has 17 saturated carbocycles. The van der Waals surface area contributed by atoms with Crippen LogP contribution in [0, 0.1) is 135 Å². The molecule has 16 bridgehead atoms. The van der Waals surface area contributed by atoms with Crippen molar-refractivity contribution in [1.82, 2.24) is 0 Å². The van der Waals surface area contributed by atoms with Crippen LogP contribution in [0.3, 0.4) is 0 Å². The fourth-order valence-corrected chi connectivity index (χ4v) is 23.1. The number of hydrogen-bond donors (Lipinski definition) is 0. The molecule has 0 aromatic carbocycles. The standard InChI is InChI=1S/C29H40O6.C20H32O4.C19H30O4.C16H28O4.8CH4/c1-3-13(2)28(31)35-23-11-16-10-21(23)25-19-8-15(24(16)25)9-20(19)29(32)34-12-33-27-18-5-14-4-17(7-18)26(30)22(27)6-14;1-5-19(2,3)18(22)23-7-6-17(21)24-20(4)15-9-13-8-14(11-15)12-16(20)10-13;1-5-18(2,3)17(21)22-11-16(20)23-19(4)14-7-12-6-13(9-14)10-15(19)8-12;1-5-15(3,4)14(18)19-12-13(17)20-16(6-2)10-8-7-9-11-16;;;;;;;;/h13-25,27H,3-12H2,1-2H3;13-16H,5-12H2,1-4H3;12-15H,5-11H2,1-4H3;5-12H2,1-4H3;8*1H4. The van der Waals surface area contributed by atoms with Crippen LogP contribution in [0.15, 0.2) is 0 Å². The van der Waals surface area contributed by atoms with Crippen molar-refractivity contribution in [2.45, 2.75) is 372 Å². The van der Waals surface area contributed by atoms with Crippen molar-refractivity contribution in [3.8, 4) is 0 Å². The lowest BCUT2D eigenvalue weighted by Gasteiger charge is -2.59. The second-order valence-corrected chi connectivity index (χ2v) is 37.6. The van der Waals surface area contributed by atoms with Gasteiger partial charge in [0.1, 0.15) is 35.3 Å². The predicted octanol–water partition coefficient (Wildman–Crippen LogP) is 20.9. The Kier molecular flexibility index (Phi) is 36.5. The summed E-state index contributed by atoms with van der Waals surface area (Å²) in [5.41, 5.74) is -2.56. The van der Waals surface area contributed by atoms with Gasteiger partial charge in [0.15, 0.2) is 20.0 Å². The predicted molar refractivity (Wildman–Crippen MR) is 434 cm³/mol. The van der Waals surface area contributed by atoms with E-state index in [2.05, 4.69) is 13.8 Å². The van der Waals surface area contributed by atoms with E-state index < -0.39 is 22.2 Å². The van der Waals surface area contributed by atoms with Crippen molar-refractivity contribution in [3.63, 3.8) is 0 Å². The minimum atomic E-state index is -0.549. The number of fused-ring (bicyclic) bond motifs is 9. The Morgan fingerprint density at radius 3 is 1.38 bits per heavy atom. The smallest absolute Gasteiger partial charge is 0.344 e. The minimum Gasteiger partial charge on any atom is -0.465 e. The second-order valence-electron chi connectivity index (χ2n) is 37.6. The third-order valence-electron chi connectivity index (χ3n) is 30.3. The van der Waals surface area contributed by atoms with Gasteiger partial charge in [-0.3, -0.25) is 33.6 Å². The van der Waals surface area contributed by atoms with E-state index in [0.717, 1.165) is 114 Å². The van der Waals surface area contributed by atoms with Gasteiger partial charge < -0.3 is 42.6 Å². The van der Waals surface area contributed by atoms with E-state index in [1.54, 1.807) is 0 Å². The van der Waals surface area contributed by atoms with Crippen LogP contribution >= 0.6 is 0 Å². The lowest BCUT2D eigenvalue weighted by Crippen LogP contribution is -2.58. The zero-order valence-corrected chi connectivity index (χ0v) is 64.9. The third-order valence-corrected chi connectivity index (χ3v) is 30.3. The Balaban J connectivity index is 0.000000380. The third kappa shape index (κ3) is 21.1. The monoisotopic (exact) mass is 1560 g/mol. The molecular weight excluding hydrogens is 1390 g/mol. The summed E-state index contributed by atoms with van der Waals surface area (Å²) in [4.78, 5) is 111. The summed E-state index contributed by atoms with van der Waals surface area (Å²) in [6, 6.07) is 0. The number of Topliss-reactive ketones (excluding diaryl/α,β-unsaturated/α-hetero) is 1. The quantitative estimate of drug-likeness (QED) is 0.0378. The van der Waals surface area contributed by atoms with E-state index in [9.17, 15) is 43.2 Å². The summed E-state index contributed by atoms with van der Waals surface area (Å²) in [6.07, 6.45) is 30.0. The summed E-state index contributed by atoms with van der Waals surface area (Å²) < 4.78 is 50.8. The summed E-state index contributed by atoms with van der Waals surface area (Å²) in [5.74, 6) is 8.35. The molecule has 0 aromatic rings. The second kappa shape index (κ2) is 40.3. The Labute approximate surface area is 668 Å². The van der Waals surface area contributed by atoms with Crippen LogP contribution < -0.4 is 0 Å². The SMILES string of the molecule is C.C.C.C.C.C.C.C.CCC(C)(C)C(=O)OCC(=O)OC1(C)C2CC3CC(C2)CC1C3.CCC(C)(C)C(=O)OCCC(=O)OC1(C)C2CC3CC(C2)CC1C3.CCC(C)C(=O)OC1CC2CC1C1C3CC(CC3C(=O)OCOC3C4CC5CC(C4)C(=O)C3C5)C21.CCC1(OC(=O)COC(=O)C(C)(C)CC)CCCCC1. The maximum Gasteiger partial charge on any atom is 0.344 e. The normalized spacial score (nSPS) is 35.8. The van der Waals surface area contributed by atoms with E-state index in [4.69, 9.17) is 42.6 Å². The molecule has 18 heteroatoms. The van der Waals surface area contributed by atoms with E-state index in [-0.39, 0.29) is 187 Å². The van der Waals surface area contributed by atoms with Crippen LogP contribution in [0.5, 0.6) is 0 Å². The van der Waals surface area contributed by atoms with Gasteiger partial charge in [0.25, 0.3) is 0 Å². The fourth-order valence-electron chi connectivity index (χ4n) is 23.1. The van der Waals surface area contributed by atoms with Crippen LogP contribution in [0.1, 0.15) is 343 Å². The van der Waals surface area contributed by atoms with Gasteiger partial charge >= 0.3 is 47.8 Å². The zero-order chi connectivity index (χ0) is 73.6. The molecule has 14 atom stereocenters. The molecule has 638 valence electrons. The first kappa shape index (κ1) is 99.6. The highest BCUT2D eigenvalue weighted by molar-refractivity contribution is 5.86. The van der Waals surface area contributed by atoms with Gasteiger partial charge in [0.2, 0.25) is 0 Å². The number of ether oxygens (including phenoxy) is 9. The number of carbonyl (C=O) groups is 9. The number of ketones is 1. The van der Waals surface area contributed by atoms with E-state index in [1.807, 2.05) is 83.1 Å². The average Bonchev–Trinajstić information content (AvgIpc) is 1.49. The summed E-state index contributed by atoms with van der Waals surface area (Å²) in [5, 5.41) is 0. The molecule has 18 nitrogen and oxygen atoms in total. The number of carbonyl (C=O) groups excluding carboxylic acids is 9. The maximum atomic E-state index is 13.2. The van der Waals surface area contributed by atoms with Crippen molar-refractivity contribution in [2.24, 2.45) is 135 Å². The molecule has 17 aliphatic rings. The molecule has 0 aliphatic heterocycles. The van der Waals surface area contributed by atoms with Gasteiger partial charge in [-0.1, -0.05) is 107 Å². The van der Waals surface area contributed by atoms with Gasteiger partial charge in [-0.05, 0) is 323 Å². The van der Waals surface area contributed by atoms with Crippen LogP contribution in [-0.4, -0.2) is 109 Å². The first-order chi connectivity index (χ1) is 48.3. The summed E-state index contributed by atoms with van der Waals surface area (Å²) >= 11 is 0. The number of rotatable bonds is 24. The lowest BCUT2D eigenvalue weighted by molar-refractivity contribution is -0.208. The van der Waals surface area contributed by atoms with Gasteiger partial charge in [0.05, 0.1) is 40.6 Å². The maximum absolute atomic E-state index is 13.2. The molecule has 0 aromatic heterocycles. The van der Waals surface area contributed by atoms with Crippen molar-refractivity contribution >= 4 is 53.5 Å². The van der Waals surface area contributed by atoms with Gasteiger partial charge in [0, 0.05) is 11.8 Å². The molecule has 0 amide bonds. The fraction of sp³-hybridized carbons (Fsp3) is 0.902. The first-order valence-corrected chi connectivity index (χ1v) is 41.0. The molecule has 0 spiro atoms. The highest BCUT2D eigenvalue weighted by atomic mass is 16.7. The lowest BCUT2D eigenvalue weighted by atomic mass is 9.50. The van der Waals surface area contributed by atoms with Gasteiger partial charge in [-0.15, -0.1) is 0 Å². The van der Waals surface area contributed by atoms with Crippen LogP contribution in [-0.2, 0) is 85.8 Å². The Hall–Kier alpha value is -4.61. The van der Waals surface area contributed by atoms with Crippen molar-refractivity contribution in [1.29, 1.82) is 0 Å². The Morgan fingerprint density at radius 2 is 0.909 bits per heavy atom. The molecule has 110 heavy (non-hydrogen) atoms. The van der Waals surface area contributed by atoms with Crippen LogP contribution in [0.4, 0.5) is 0 Å². The molecule has 0 heterocycles. The van der Waals surface area contributed by atoms with Crippen LogP contribution in [0.25, 0.3) is 0 Å². The Morgan fingerprint density at radius 1 is 0.464 bits per heavy atom.